The summed E-state index contributed by atoms with van der Waals surface area (Å²) in [7, 11) is 0. The number of nitrogens with zero attached hydrogens (tertiary/aromatic N) is 1. The average Bonchev–Trinajstić information content (AvgIpc) is 2.92. The van der Waals surface area contributed by atoms with Crippen LogP contribution in [0.3, 0.4) is 0 Å². The molecule has 6 nitrogen and oxygen atoms in total. The SMILES string of the molecule is C=C(C)C(=O)Oc1ccc(N(c2ccc(OC(=O)C(=C)C)cc2)c2ccc(Oc3ccccc3)cc2)cc1. The van der Waals surface area contributed by atoms with E-state index < -0.39 is 11.9 Å². The molecule has 0 amide bonds. The second-order valence-corrected chi connectivity index (χ2v) is 8.57. The molecule has 0 aliphatic heterocycles. The van der Waals surface area contributed by atoms with Gasteiger partial charge in [0.05, 0.1) is 0 Å². The maximum atomic E-state index is 11.9. The molecule has 0 atom stereocenters. The molecule has 190 valence electrons. The molecule has 38 heavy (non-hydrogen) atoms. The van der Waals surface area contributed by atoms with E-state index in [4.69, 9.17) is 14.2 Å². The first-order valence-electron chi connectivity index (χ1n) is 11.9. The van der Waals surface area contributed by atoms with Crippen LogP contribution in [0.5, 0.6) is 23.0 Å². The third-order valence-corrected chi connectivity index (χ3v) is 5.38. The van der Waals surface area contributed by atoms with E-state index in [1.54, 1.807) is 38.1 Å². The molecule has 0 aromatic heterocycles. The number of rotatable bonds is 9. The first kappa shape index (κ1) is 26.0. The molecular formula is C32H27NO5. The maximum absolute atomic E-state index is 11.9. The molecule has 0 bridgehead atoms. The fraction of sp³-hybridized carbons (Fsp3) is 0.0625. The van der Waals surface area contributed by atoms with E-state index in [9.17, 15) is 9.59 Å². The highest BCUT2D eigenvalue weighted by Crippen LogP contribution is 2.37. The number of benzene rings is 4. The van der Waals surface area contributed by atoms with Crippen LogP contribution in [0.4, 0.5) is 17.1 Å². The number of hydrogen-bond acceptors (Lipinski definition) is 6. The Balaban J connectivity index is 1.64. The van der Waals surface area contributed by atoms with Gasteiger partial charge in [0.2, 0.25) is 0 Å². The zero-order chi connectivity index (χ0) is 27.1. The lowest BCUT2D eigenvalue weighted by Gasteiger charge is -2.26. The minimum Gasteiger partial charge on any atom is -0.457 e. The molecule has 0 radical (unpaired) electrons. The lowest BCUT2D eigenvalue weighted by molar-refractivity contribution is -0.130. The van der Waals surface area contributed by atoms with Crippen molar-refractivity contribution in [3.05, 3.63) is 127 Å². The number of hydrogen-bond donors (Lipinski definition) is 0. The molecule has 0 aliphatic carbocycles. The smallest absolute Gasteiger partial charge is 0.338 e. The molecule has 0 heterocycles. The van der Waals surface area contributed by atoms with Crippen LogP contribution in [0.25, 0.3) is 0 Å². The third kappa shape index (κ3) is 6.56. The second kappa shape index (κ2) is 11.8. The van der Waals surface area contributed by atoms with Crippen molar-refractivity contribution in [2.45, 2.75) is 13.8 Å². The molecule has 0 spiro atoms. The Morgan fingerprint density at radius 2 is 0.868 bits per heavy atom. The van der Waals surface area contributed by atoms with Gasteiger partial charge < -0.3 is 19.1 Å². The summed E-state index contributed by atoms with van der Waals surface area (Å²) in [5.74, 6) is 1.30. The zero-order valence-electron chi connectivity index (χ0n) is 21.2. The van der Waals surface area contributed by atoms with Gasteiger partial charge in [-0.2, -0.15) is 0 Å². The standard InChI is InChI=1S/C32H27NO5/c1-22(2)31(34)37-29-18-12-25(13-19-29)33(26-14-20-30(21-15-26)38-32(35)23(3)4)24-10-16-28(17-11-24)36-27-8-6-5-7-9-27/h5-21H,1,3H2,2,4H3. The van der Waals surface area contributed by atoms with Crippen LogP contribution in [-0.2, 0) is 9.59 Å². The Morgan fingerprint density at radius 3 is 1.24 bits per heavy atom. The van der Waals surface area contributed by atoms with Gasteiger partial charge >= 0.3 is 11.9 Å². The van der Waals surface area contributed by atoms with Crippen molar-refractivity contribution in [3.8, 4) is 23.0 Å². The lowest BCUT2D eigenvalue weighted by Crippen LogP contribution is -2.11. The maximum Gasteiger partial charge on any atom is 0.338 e. The number of anilines is 3. The molecular weight excluding hydrogens is 478 g/mol. The van der Waals surface area contributed by atoms with Crippen LogP contribution < -0.4 is 19.1 Å². The molecule has 6 heteroatoms. The van der Waals surface area contributed by atoms with E-state index in [0.717, 1.165) is 22.8 Å². The first-order valence-corrected chi connectivity index (χ1v) is 11.9. The predicted octanol–water partition coefficient (Wildman–Crippen LogP) is 7.91. The van der Waals surface area contributed by atoms with Gasteiger partial charge in [-0.1, -0.05) is 31.4 Å². The summed E-state index contributed by atoms with van der Waals surface area (Å²) in [4.78, 5) is 25.8. The van der Waals surface area contributed by atoms with E-state index in [1.807, 2.05) is 83.8 Å². The highest BCUT2D eigenvalue weighted by Gasteiger charge is 2.15. The van der Waals surface area contributed by atoms with Crippen molar-refractivity contribution < 1.29 is 23.8 Å². The van der Waals surface area contributed by atoms with E-state index in [2.05, 4.69) is 13.2 Å². The van der Waals surface area contributed by atoms with Gasteiger partial charge in [-0.15, -0.1) is 0 Å². The summed E-state index contributed by atoms with van der Waals surface area (Å²) >= 11 is 0. The van der Waals surface area contributed by atoms with Crippen LogP contribution in [0.2, 0.25) is 0 Å². The van der Waals surface area contributed by atoms with Crippen molar-refractivity contribution in [3.63, 3.8) is 0 Å². The first-order chi connectivity index (χ1) is 18.3. The van der Waals surface area contributed by atoms with E-state index in [1.165, 1.54) is 0 Å². The summed E-state index contributed by atoms with van der Waals surface area (Å²) in [6.45, 7) is 10.4. The minimum absolute atomic E-state index is 0.320. The van der Waals surface area contributed by atoms with Crippen LogP contribution in [0.1, 0.15) is 13.8 Å². The molecule has 4 rings (SSSR count). The number of carbonyl (C=O) groups is 2. The van der Waals surface area contributed by atoms with Crippen LogP contribution in [0, 0.1) is 0 Å². The normalized spacial score (nSPS) is 10.3. The number of carbonyl (C=O) groups excluding carboxylic acids is 2. The Bertz CT molecular complexity index is 1370. The van der Waals surface area contributed by atoms with Crippen LogP contribution in [-0.4, -0.2) is 11.9 Å². The molecule has 0 fully saturated rings. The van der Waals surface area contributed by atoms with Crippen LogP contribution in [0.15, 0.2) is 127 Å². The van der Waals surface area contributed by atoms with Gasteiger partial charge in [-0.25, -0.2) is 9.59 Å². The van der Waals surface area contributed by atoms with Crippen molar-refractivity contribution in [2.75, 3.05) is 4.90 Å². The molecule has 0 N–H and O–H groups in total. The monoisotopic (exact) mass is 505 g/mol. The van der Waals surface area contributed by atoms with E-state index in [-0.39, 0.29) is 0 Å². The predicted molar refractivity (Wildman–Crippen MR) is 149 cm³/mol. The second-order valence-electron chi connectivity index (χ2n) is 8.57. The quantitative estimate of drug-likeness (QED) is 0.131. The fourth-order valence-electron chi connectivity index (χ4n) is 3.45. The Hall–Kier alpha value is -5.10. The molecule has 0 aliphatic rings. The molecule has 4 aromatic carbocycles. The zero-order valence-corrected chi connectivity index (χ0v) is 21.2. The average molecular weight is 506 g/mol. The Kier molecular flexibility index (Phi) is 8.04. The van der Waals surface area contributed by atoms with Gasteiger partial charge in [-0.05, 0) is 98.8 Å². The molecule has 0 saturated heterocycles. The summed E-state index contributed by atoms with van der Waals surface area (Å²) in [5, 5.41) is 0. The van der Waals surface area contributed by atoms with Crippen molar-refractivity contribution in [1.29, 1.82) is 0 Å². The van der Waals surface area contributed by atoms with E-state index in [0.29, 0.717) is 28.4 Å². The molecule has 0 unspecified atom stereocenters. The fourth-order valence-corrected chi connectivity index (χ4v) is 3.45. The van der Waals surface area contributed by atoms with Crippen LogP contribution >= 0.6 is 0 Å². The summed E-state index contributed by atoms with van der Waals surface area (Å²) in [6.07, 6.45) is 0. The molecule has 4 aromatic rings. The van der Waals surface area contributed by atoms with Crippen molar-refractivity contribution in [1.82, 2.24) is 0 Å². The number of esters is 2. The summed E-state index contributed by atoms with van der Waals surface area (Å²) in [5.41, 5.74) is 3.15. The molecule has 0 saturated carbocycles. The Labute approximate surface area is 222 Å². The summed E-state index contributed by atoms with van der Waals surface area (Å²) in [6, 6.07) is 31.5. The van der Waals surface area contributed by atoms with Crippen molar-refractivity contribution >= 4 is 29.0 Å². The third-order valence-electron chi connectivity index (χ3n) is 5.38. The highest BCUT2D eigenvalue weighted by molar-refractivity contribution is 5.89. The Morgan fingerprint density at radius 1 is 0.526 bits per heavy atom. The largest absolute Gasteiger partial charge is 0.457 e. The highest BCUT2D eigenvalue weighted by atomic mass is 16.5. The number of para-hydroxylation sites is 1. The lowest BCUT2D eigenvalue weighted by atomic mass is 10.1. The van der Waals surface area contributed by atoms with Gasteiger partial charge in [0.1, 0.15) is 23.0 Å². The van der Waals surface area contributed by atoms with E-state index >= 15 is 0 Å². The minimum atomic E-state index is -0.483. The number of ether oxygens (including phenoxy) is 3. The topological polar surface area (TPSA) is 65.1 Å². The van der Waals surface area contributed by atoms with Crippen molar-refractivity contribution in [2.24, 2.45) is 0 Å². The summed E-state index contributed by atoms with van der Waals surface area (Å²) < 4.78 is 16.6. The van der Waals surface area contributed by atoms with Gasteiger partial charge in [-0.3, -0.25) is 0 Å². The van der Waals surface area contributed by atoms with Gasteiger partial charge in [0.15, 0.2) is 0 Å². The van der Waals surface area contributed by atoms with Gasteiger partial charge in [0, 0.05) is 28.2 Å². The van der Waals surface area contributed by atoms with Gasteiger partial charge in [0.25, 0.3) is 0 Å².